The molecule has 2 rings (SSSR count). The molecule has 0 aliphatic rings. The first kappa shape index (κ1) is 13.6. The van der Waals surface area contributed by atoms with Crippen molar-refractivity contribution in [2.45, 2.75) is 11.6 Å². The number of rotatable bonds is 6. The van der Waals surface area contributed by atoms with Gasteiger partial charge in [-0.15, -0.1) is 16.4 Å². The van der Waals surface area contributed by atoms with E-state index in [1.807, 2.05) is 23.6 Å². The van der Waals surface area contributed by atoms with Gasteiger partial charge in [-0.2, -0.15) is 5.26 Å². The number of aromatic nitrogens is 3. The number of nitriles is 1. The van der Waals surface area contributed by atoms with E-state index in [1.54, 1.807) is 11.3 Å². The smallest absolute Gasteiger partial charge is 0.230 e. The summed E-state index contributed by atoms with van der Waals surface area (Å²) in [6, 6.07) is 5.86. The van der Waals surface area contributed by atoms with Crippen molar-refractivity contribution in [2.24, 2.45) is 0 Å². The van der Waals surface area contributed by atoms with Gasteiger partial charge in [0, 0.05) is 6.54 Å². The van der Waals surface area contributed by atoms with Gasteiger partial charge >= 0.3 is 0 Å². The van der Waals surface area contributed by atoms with Gasteiger partial charge in [0.25, 0.3) is 0 Å². The van der Waals surface area contributed by atoms with Crippen molar-refractivity contribution in [1.82, 2.24) is 20.5 Å². The van der Waals surface area contributed by atoms with Crippen molar-refractivity contribution in [1.29, 1.82) is 5.26 Å². The first-order valence-corrected chi connectivity index (χ1v) is 7.39. The van der Waals surface area contributed by atoms with E-state index in [0.717, 1.165) is 4.88 Å². The third-order valence-electron chi connectivity index (χ3n) is 2.11. The minimum Gasteiger partial charge on any atom is -0.354 e. The average Bonchev–Trinajstić information content (AvgIpc) is 3.07. The number of hydrogen-bond donors (Lipinski definition) is 2. The highest BCUT2D eigenvalue weighted by Crippen LogP contribution is 2.22. The molecule has 8 heteroatoms. The number of thiophene rings is 1. The number of nitrogens with zero attached hydrogens (tertiary/aromatic N) is 3. The fourth-order valence-electron chi connectivity index (χ4n) is 1.27. The molecule has 0 atom stereocenters. The summed E-state index contributed by atoms with van der Waals surface area (Å²) in [6.45, 7) is 0.379. The Morgan fingerprint density at radius 1 is 1.63 bits per heavy atom. The first-order valence-electron chi connectivity index (χ1n) is 5.52. The summed E-state index contributed by atoms with van der Waals surface area (Å²) in [7, 11) is 0. The van der Waals surface area contributed by atoms with Gasteiger partial charge in [-0.05, 0) is 11.4 Å². The van der Waals surface area contributed by atoms with E-state index in [0.29, 0.717) is 23.9 Å². The van der Waals surface area contributed by atoms with Crippen LogP contribution < -0.4 is 5.32 Å². The second-order valence-corrected chi connectivity index (χ2v) is 5.38. The normalized spacial score (nSPS) is 10.1. The van der Waals surface area contributed by atoms with Gasteiger partial charge in [0.1, 0.15) is 0 Å². The number of hydrogen-bond acceptors (Lipinski definition) is 6. The van der Waals surface area contributed by atoms with E-state index in [4.69, 9.17) is 5.26 Å². The zero-order valence-electron chi connectivity index (χ0n) is 9.92. The van der Waals surface area contributed by atoms with Gasteiger partial charge in [-0.25, -0.2) is 4.98 Å². The van der Waals surface area contributed by atoms with Gasteiger partial charge in [0.05, 0.1) is 23.1 Å². The molecule has 0 aliphatic heterocycles. The van der Waals surface area contributed by atoms with Crippen molar-refractivity contribution in [2.75, 3.05) is 12.3 Å². The third kappa shape index (κ3) is 4.08. The number of aromatic amines is 1. The molecule has 0 unspecified atom stereocenters. The summed E-state index contributed by atoms with van der Waals surface area (Å²) in [5.41, 5.74) is 0. The van der Waals surface area contributed by atoms with Crippen molar-refractivity contribution < 1.29 is 4.79 Å². The number of carbonyl (C=O) groups is 1. The molecule has 0 spiro atoms. The largest absolute Gasteiger partial charge is 0.354 e. The van der Waals surface area contributed by atoms with Crippen molar-refractivity contribution in [3.8, 4) is 16.8 Å². The van der Waals surface area contributed by atoms with Gasteiger partial charge in [-0.3, -0.25) is 9.89 Å². The molecular formula is C11H11N5OS2. The molecule has 0 bridgehead atoms. The molecule has 2 aromatic rings. The van der Waals surface area contributed by atoms with Gasteiger partial charge < -0.3 is 5.32 Å². The molecule has 2 aromatic heterocycles. The Labute approximate surface area is 118 Å². The van der Waals surface area contributed by atoms with Crippen LogP contribution in [0, 0.1) is 11.3 Å². The molecule has 0 aliphatic carbocycles. The minimum atomic E-state index is -0.122. The van der Waals surface area contributed by atoms with Crippen LogP contribution in [0.2, 0.25) is 0 Å². The molecule has 0 aromatic carbocycles. The predicted molar refractivity (Wildman–Crippen MR) is 73.7 cm³/mol. The minimum absolute atomic E-state index is 0.122. The number of nitrogens with one attached hydrogen (secondary N) is 2. The van der Waals surface area contributed by atoms with E-state index in [-0.39, 0.29) is 11.7 Å². The predicted octanol–water partition coefficient (Wildman–Crippen LogP) is 1.66. The Morgan fingerprint density at radius 3 is 3.26 bits per heavy atom. The Balaban J connectivity index is 1.81. The molecular weight excluding hydrogens is 282 g/mol. The first-order chi connectivity index (χ1) is 9.29. The fraction of sp³-hybridized carbons (Fsp3) is 0.273. The molecule has 0 saturated heterocycles. The highest BCUT2D eigenvalue weighted by molar-refractivity contribution is 7.99. The third-order valence-corrected chi connectivity index (χ3v) is 3.83. The summed E-state index contributed by atoms with van der Waals surface area (Å²) in [6.07, 6.45) is 0.319. The fourth-order valence-corrected chi connectivity index (χ4v) is 2.57. The van der Waals surface area contributed by atoms with E-state index in [1.165, 1.54) is 11.8 Å². The molecule has 0 saturated carbocycles. The summed E-state index contributed by atoms with van der Waals surface area (Å²) in [5.74, 6) is 0.831. The molecule has 2 N–H and O–H groups in total. The lowest BCUT2D eigenvalue weighted by molar-refractivity contribution is -0.118. The van der Waals surface area contributed by atoms with Crippen LogP contribution in [0.25, 0.3) is 10.7 Å². The highest BCUT2D eigenvalue weighted by Gasteiger charge is 2.09. The van der Waals surface area contributed by atoms with Crippen molar-refractivity contribution >= 4 is 29.0 Å². The number of carbonyl (C=O) groups excluding carboxylic acids is 1. The molecule has 2 heterocycles. The maximum Gasteiger partial charge on any atom is 0.230 e. The standard InChI is InChI=1S/C11H11N5OS2/c12-4-2-5-13-9(17)7-19-11-14-10(15-16-11)8-3-1-6-18-8/h1,3,6H,2,5,7H2,(H,13,17)(H,14,15,16). The monoisotopic (exact) mass is 293 g/mol. The van der Waals surface area contributed by atoms with Crippen LogP contribution in [0.4, 0.5) is 0 Å². The van der Waals surface area contributed by atoms with Crippen LogP contribution >= 0.6 is 23.1 Å². The zero-order chi connectivity index (χ0) is 13.5. The molecule has 6 nitrogen and oxygen atoms in total. The topological polar surface area (TPSA) is 94.5 Å². The van der Waals surface area contributed by atoms with E-state index in [2.05, 4.69) is 20.5 Å². The lowest BCUT2D eigenvalue weighted by atomic mass is 10.4. The van der Waals surface area contributed by atoms with Gasteiger partial charge in [0.15, 0.2) is 5.82 Å². The maximum absolute atomic E-state index is 11.4. The average molecular weight is 293 g/mol. The lowest BCUT2D eigenvalue weighted by Gasteiger charge is -1.99. The second-order valence-electron chi connectivity index (χ2n) is 3.49. The van der Waals surface area contributed by atoms with Crippen LogP contribution in [0.1, 0.15) is 6.42 Å². The number of amides is 1. The Hall–Kier alpha value is -1.85. The lowest BCUT2D eigenvalue weighted by Crippen LogP contribution is -2.25. The highest BCUT2D eigenvalue weighted by atomic mass is 32.2. The van der Waals surface area contributed by atoms with Crippen LogP contribution in [0.5, 0.6) is 0 Å². The number of H-pyrrole nitrogens is 1. The Bertz CT molecular complexity index is 572. The molecule has 98 valence electrons. The van der Waals surface area contributed by atoms with Crippen LogP contribution in [-0.4, -0.2) is 33.4 Å². The Kier molecular flexibility index (Phi) is 4.94. The quantitative estimate of drug-likeness (QED) is 0.624. The second kappa shape index (κ2) is 6.92. The van der Waals surface area contributed by atoms with E-state index < -0.39 is 0 Å². The summed E-state index contributed by atoms with van der Waals surface area (Å²) >= 11 is 2.84. The van der Waals surface area contributed by atoms with E-state index >= 15 is 0 Å². The SMILES string of the molecule is N#CCCNC(=O)CSc1n[nH]c(-c2cccs2)n1. The van der Waals surface area contributed by atoms with Crippen LogP contribution in [0.15, 0.2) is 22.7 Å². The summed E-state index contributed by atoms with van der Waals surface area (Å²) < 4.78 is 0. The van der Waals surface area contributed by atoms with Gasteiger partial charge in [-0.1, -0.05) is 17.8 Å². The molecule has 0 radical (unpaired) electrons. The Morgan fingerprint density at radius 2 is 2.53 bits per heavy atom. The molecule has 19 heavy (non-hydrogen) atoms. The molecule has 0 fully saturated rings. The van der Waals surface area contributed by atoms with Crippen LogP contribution in [0.3, 0.4) is 0 Å². The maximum atomic E-state index is 11.4. The van der Waals surface area contributed by atoms with Gasteiger partial charge in [0.2, 0.25) is 11.1 Å². The molecule has 1 amide bonds. The summed E-state index contributed by atoms with van der Waals surface area (Å²) in [5, 5.41) is 20.4. The number of thioether (sulfide) groups is 1. The zero-order valence-corrected chi connectivity index (χ0v) is 11.6. The van der Waals surface area contributed by atoms with Crippen LogP contribution in [-0.2, 0) is 4.79 Å². The summed E-state index contributed by atoms with van der Waals surface area (Å²) in [4.78, 5) is 16.7. The van der Waals surface area contributed by atoms with Crippen molar-refractivity contribution in [3.63, 3.8) is 0 Å². The van der Waals surface area contributed by atoms with E-state index in [9.17, 15) is 4.79 Å². The van der Waals surface area contributed by atoms with Crippen molar-refractivity contribution in [3.05, 3.63) is 17.5 Å².